The first kappa shape index (κ1) is 31.8. The number of carbonyl (C=O) groups is 1. The van der Waals surface area contributed by atoms with E-state index in [2.05, 4.69) is 50.2 Å². The molecule has 0 spiro atoms. The third-order valence-corrected chi connectivity index (χ3v) is 8.01. The van der Waals surface area contributed by atoms with Gasteiger partial charge >= 0.3 is 5.97 Å². The van der Waals surface area contributed by atoms with Crippen LogP contribution in [0.25, 0.3) is 0 Å². The summed E-state index contributed by atoms with van der Waals surface area (Å²) in [6, 6.07) is 34.2. The van der Waals surface area contributed by atoms with Crippen LogP contribution >= 0.6 is 0 Å². The third-order valence-electron chi connectivity index (χ3n) is 8.01. The summed E-state index contributed by atoms with van der Waals surface area (Å²) in [4.78, 5) is 11.4. The Morgan fingerprint density at radius 3 is 1.91 bits per heavy atom. The molecule has 4 unspecified atom stereocenters. The first-order chi connectivity index (χ1) is 20.8. The van der Waals surface area contributed by atoms with E-state index in [1.807, 2.05) is 61.5 Å². The van der Waals surface area contributed by atoms with Gasteiger partial charge < -0.3 is 19.3 Å². The van der Waals surface area contributed by atoms with Crippen LogP contribution in [0.2, 0.25) is 0 Å². The second-order valence-corrected chi connectivity index (χ2v) is 11.3. The van der Waals surface area contributed by atoms with E-state index in [1.165, 1.54) is 29.2 Å². The highest BCUT2D eigenvalue weighted by atomic mass is 16.7. The van der Waals surface area contributed by atoms with Crippen molar-refractivity contribution < 1.29 is 24.1 Å². The Bertz CT molecular complexity index is 1380. The zero-order valence-electron chi connectivity index (χ0n) is 25.7. The van der Waals surface area contributed by atoms with Gasteiger partial charge in [-0.25, -0.2) is 0 Å². The molecule has 4 aromatic rings. The van der Waals surface area contributed by atoms with Crippen molar-refractivity contribution in [2.45, 2.75) is 77.4 Å². The van der Waals surface area contributed by atoms with Crippen molar-refractivity contribution in [3.63, 3.8) is 0 Å². The van der Waals surface area contributed by atoms with Crippen LogP contribution in [0.15, 0.2) is 103 Å². The van der Waals surface area contributed by atoms with Crippen molar-refractivity contribution in [2.24, 2.45) is 0 Å². The summed E-state index contributed by atoms with van der Waals surface area (Å²) in [7, 11) is 0. The molecule has 43 heavy (non-hydrogen) atoms. The maximum atomic E-state index is 11.4. The summed E-state index contributed by atoms with van der Waals surface area (Å²) in [5, 5.41) is 9.76. The van der Waals surface area contributed by atoms with Crippen LogP contribution in [0.1, 0.15) is 87.0 Å². The Morgan fingerprint density at radius 2 is 1.30 bits per heavy atom. The van der Waals surface area contributed by atoms with E-state index < -0.39 is 0 Å². The predicted molar refractivity (Wildman–Crippen MR) is 172 cm³/mol. The molecule has 0 heterocycles. The molecule has 0 bridgehead atoms. The molecule has 226 valence electrons. The molecule has 0 amide bonds. The first-order valence-electron chi connectivity index (χ1n) is 15.3. The number of hydrogen-bond donors (Lipinski definition) is 1. The second kappa shape index (κ2) is 15.9. The first-order valence-corrected chi connectivity index (χ1v) is 15.3. The molecular weight excluding hydrogens is 536 g/mol. The Balaban J connectivity index is 1.42. The summed E-state index contributed by atoms with van der Waals surface area (Å²) < 4.78 is 17.2. The van der Waals surface area contributed by atoms with Gasteiger partial charge in [0.15, 0.2) is 6.29 Å². The Kier molecular flexibility index (Phi) is 11.8. The molecule has 0 aliphatic rings. The molecular formula is C38H44O5. The van der Waals surface area contributed by atoms with E-state index in [1.54, 1.807) is 12.1 Å². The number of aromatic hydroxyl groups is 1. The number of phenols is 1. The van der Waals surface area contributed by atoms with E-state index in [-0.39, 0.29) is 23.9 Å². The summed E-state index contributed by atoms with van der Waals surface area (Å²) in [6.07, 6.45) is 3.45. The van der Waals surface area contributed by atoms with Gasteiger partial charge in [0.1, 0.15) is 17.2 Å². The molecule has 0 fully saturated rings. The van der Waals surface area contributed by atoms with Gasteiger partial charge in [-0.2, -0.15) is 0 Å². The van der Waals surface area contributed by atoms with E-state index in [0.29, 0.717) is 24.2 Å². The second-order valence-electron chi connectivity index (χ2n) is 11.3. The number of carbonyl (C=O) groups excluding carboxylic acids is 1. The Labute approximate surface area is 256 Å². The molecule has 0 aliphatic heterocycles. The largest absolute Gasteiger partial charge is 0.508 e. The topological polar surface area (TPSA) is 65.0 Å². The van der Waals surface area contributed by atoms with Crippen molar-refractivity contribution in [3.05, 3.63) is 125 Å². The molecule has 0 aliphatic carbocycles. The highest BCUT2D eigenvalue weighted by Crippen LogP contribution is 2.39. The fraction of sp³-hybridized carbons (Fsp3) is 0.342. The van der Waals surface area contributed by atoms with Crippen LogP contribution in [0, 0.1) is 0 Å². The van der Waals surface area contributed by atoms with Crippen molar-refractivity contribution in [1.82, 2.24) is 0 Å². The molecule has 0 saturated heterocycles. The highest BCUT2D eigenvalue weighted by molar-refractivity contribution is 5.69. The lowest BCUT2D eigenvalue weighted by Crippen LogP contribution is -2.18. The van der Waals surface area contributed by atoms with Gasteiger partial charge in [-0.1, -0.05) is 80.6 Å². The van der Waals surface area contributed by atoms with Crippen LogP contribution in [0.4, 0.5) is 0 Å². The number of benzene rings is 4. The molecule has 0 aromatic heterocycles. The minimum absolute atomic E-state index is 0.278. The number of phenolic OH excluding ortho intramolecular Hbond substituents is 1. The van der Waals surface area contributed by atoms with Gasteiger partial charge in [-0.15, -0.1) is 0 Å². The zero-order chi connectivity index (χ0) is 30.6. The highest BCUT2D eigenvalue weighted by Gasteiger charge is 2.22. The van der Waals surface area contributed by atoms with Crippen molar-refractivity contribution in [2.75, 3.05) is 6.61 Å². The maximum Gasteiger partial charge on any atom is 0.308 e. The van der Waals surface area contributed by atoms with Crippen molar-refractivity contribution >= 4 is 5.97 Å². The number of rotatable bonds is 15. The number of esters is 1. The summed E-state index contributed by atoms with van der Waals surface area (Å²) in [5.74, 6) is 2.26. The molecule has 5 nitrogen and oxygen atoms in total. The summed E-state index contributed by atoms with van der Waals surface area (Å²) in [6.45, 7) is 8.43. The SMILES string of the molecule is CCC(CC(CC(C)c1ccc(O)cc1)c1ccc(OC(C)=O)cc1)c1ccc(OC(C)OCCc2ccccc2)cc1. The van der Waals surface area contributed by atoms with Crippen molar-refractivity contribution in [1.29, 1.82) is 0 Å². The minimum atomic E-state index is -0.336. The molecule has 1 N–H and O–H groups in total. The summed E-state index contributed by atoms with van der Waals surface area (Å²) >= 11 is 0. The van der Waals surface area contributed by atoms with Crippen LogP contribution in [0.5, 0.6) is 17.2 Å². The van der Waals surface area contributed by atoms with E-state index in [0.717, 1.165) is 31.4 Å². The van der Waals surface area contributed by atoms with Gasteiger partial charge in [0.05, 0.1) is 6.61 Å². The molecule has 0 saturated carbocycles. The minimum Gasteiger partial charge on any atom is -0.508 e. The normalized spacial score (nSPS) is 14.0. The molecule has 4 aromatic carbocycles. The van der Waals surface area contributed by atoms with E-state index in [4.69, 9.17) is 14.2 Å². The zero-order valence-corrected chi connectivity index (χ0v) is 25.7. The van der Waals surface area contributed by atoms with Crippen LogP contribution in [-0.4, -0.2) is 24.0 Å². The molecule has 4 rings (SSSR count). The average Bonchev–Trinajstić information content (AvgIpc) is 3.00. The van der Waals surface area contributed by atoms with E-state index >= 15 is 0 Å². The Morgan fingerprint density at radius 1 is 0.721 bits per heavy atom. The molecule has 0 radical (unpaired) electrons. The van der Waals surface area contributed by atoms with Crippen LogP contribution in [-0.2, 0) is 16.0 Å². The fourth-order valence-corrected chi connectivity index (χ4v) is 5.62. The number of ether oxygens (including phenoxy) is 3. The molecule has 5 heteroatoms. The van der Waals surface area contributed by atoms with Crippen molar-refractivity contribution in [3.8, 4) is 17.2 Å². The quantitative estimate of drug-likeness (QED) is 0.0863. The third kappa shape index (κ3) is 10.0. The van der Waals surface area contributed by atoms with Gasteiger partial charge in [-0.05, 0) is 109 Å². The lowest BCUT2D eigenvalue weighted by molar-refractivity contribution is -0.131. The monoisotopic (exact) mass is 580 g/mol. The van der Waals surface area contributed by atoms with Crippen LogP contribution in [0.3, 0.4) is 0 Å². The standard InChI is InChI=1S/C38H44O5/c1-5-31(33-13-21-38(22-14-33)43-29(4)41-24-23-30-9-7-6-8-10-30)26-35(25-27(2)32-11-17-36(40)18-12-32)34-15-19-37(20-16-34)42-28(3)39/h6-22,27,29,31,35,40H,5,23-26H2,1-4H3. The van der Waals surface area contributed by atoms with E-state index in [9.17, 15) is 9.90 Å². The van der Waals surface area contributed by atoms with Gasteiger partial charge in [0.2, 0.25) is 0 Å². The molecule has 4 atom stereocenters. The van der Waals surface area contributed by atoms with Crippen LogP contribution < -0.4 is 9.47 Å². The Hall–Kier alpha value is -4.09. The predicted octanol–water partition coefficient (Wildman–Crippen LogP) is 9.16. The van der Waals surface area contributed by atoms with Gasteiger partial charge in [0.25, 0.3) is 0 Å². The maximum absolute atomic E-state index is 11.4. The fourth-order valence-electron chi connectivity index (χ4n) is 5.62. The van der Waals surface area contributed by atoms with Gasteiger partial charge in [-0.3, -0.25) is 4.79 Å². The average molecular weight is 581 g/mol. The summed E-state index contributed by atoms with van der Waals surface area (Å²) in [5.41, 5.74) is 4.96. The van der Waals surface area contributed by atoms with Gasteiger partial charge in [0, 0.05) is 6.92 Å². The smallest absolute Gasteiger partial charge is 0.308 e. The lowest BCUT2D eigenvalue weighted by Gasteiger charge is -2.27. The number of hydrogen-bond acceptors (Lipinski definition) is 5. The lowest BCUT2D eigenvalue weighted by atomic mass is 9.78.